The Hall–Kier alpha value is -1.06. The second-order valence-electron chi connectivity index (χ2n) is 1.88. The Morgan fingerprint density at radius 3 is 2.70 bits per heavy atom. The zero-order valence-corrected chi connectivity index (χ0v) is 6.59. The van der Waals surface area contributed by atoms with Crippen LogP contribution in [0.25, 0.3) is 0 Å². The highest BCUT2D eigenvalue weighted by Gasteiger charge is 1.96. The summed E-state index contributed by atoms with van der Waals surface area (Å²) in [6.07, 6.45) is 1.25. The first kappa shape index (κ1) is 8.94. The van der Waals surface area contributed by atoms with Gasteiger partial charge in [0.2, 0.25) is 0 Å². The van der Waals surface area contributed by atoms with E-state index >= 15 is 0 Å². The molecular formula is C6H13N3O. The molecule has 0 saturated carbocycles. The summed E-state index contributed by atoms with van der Waals surface area (Å²) in [7, 11) is 3.64. The van der Waals surface area contributed by atoms with E-state index in [9.17, 15) is 4.91 Å². The van der Waals surface area contributed by atoms with Gasteiger partial charge in [-0.25, -0.2) is 0 Å². The molecule has 0 unspecified atom stereocenters. The lowest BCUT2D eigenvalue weighted by Gasteiger charge is -2.18. The van der Waals surface area contributed by atoms with Crippen molar-refractivity contribution in [1.82, 2.24) is 10.2 Å². The first-order valence-corrected chi connectivity index (χ1v) is 3.17. The largest absolute Gasteiger partial charge is 0.373 e. The minimum atomic E-state index is 0.734. The molecule has 1 N–H and O–H groups in total. The average molecular weight is 143 g/mol. The van der Waals surface area contributed by atoms with Gasteiger partial charge in [-0.2, -0.15) is 0 Å². The molecular weight excluding hydrogens is 130 g/mol. The van der Waals surface area contributed by atoms with Crippen LogP contribution in [-0.4, -0.2) is 25.5 Å². The van der Waals surface area contributed by atoms with Gasteiger partial charge in [0, 0.05) is 20.6 Å². The average Bonchev–Trinajstić information content (AvgIpc) is 1.99. The molecule has 0 spiro atoms. The van der Waals surface area contributed by atoms with Gasteiger partial charge in [0.15, 0.2) is 0 Å². The summed E-state index contributed by atoms with van der Waals surface area (Å²) >= 11 is 0. The maximum absolute atomic E-state index is 9.80. The first-order valence-electron chi connectivity index (χ1n) is 3.17. The van der Waals surface area contributed by atoms with E-state index in [4.69, 9.17) is 0 Å². The van der Waals surface area contributed by atoms with E-state index in [1.54, 1.807) is 7.05 Å². The normalized spacial score (nSPS) is 10.9. The number of nitroso groups, excluding NO2 is 1. The lowest BCUT2D eigenvalue weighted by molar-refractivity contribution is 0.412. The molecule has 10 heavy (non-hydrogen) atoms. The molecule has 0 fully saturated rings. The third-order valence-corrected chi connectivity index (χ3v) is 1.32. The fourth-order valence-corrected chi connectivity index (χ4v) is 0.574. The Morgan fingerprint density at radius 2 is 2.40 bits per heavy atom. The van der Waals surface area contributed by atoms with Crippen molar-refractivity contribution in [2.24, 2.45) is 5.18 Å². The molecule has 0 aliphatic heterocycles. The molecule has 0 rings (SSSR count). The number of rotatable bonds is 4. The molecule has 0 aromatic rings. The SMILES string of the molecule is CCN(C)/C(=C/N=O)NC. The second kappa shape index (κ2) is 4.78. The Morgan fingerprint density at radius 1 is 1.80 bits per heavy atom. The van der Waals surface area contributed by atoms with Gasteiger partial charge in [-0.1, -0.05) is 0 Å². The van der Waals surface area contributed by atoms with Crippen LogP contribution in [-0.2, 0) is 0 Å². The summed E-state index contributed by atoms with van der Waals surface area (Å²) in [6.45, 7) is 2.85. The monoisotopic (exact) mass is 143 g/mol. The third-order valence-electron chi connectivity index (χ3n) is 1.32. The molecule has 0 heterocycles. The second-order valence-corrected chi connectivity index (χ2v) is 1.88. The molecule has 0 aliphatic rings. The van der Waals surface area contributed by atoms with E-state index in [1.807, 2.05) is 18.9 Å². The number of hydrogen-bond donors (Lipinski definition) is 1. The van der Waals surface area contributed by atoms with Crippen molar-refractivity contribution < 1.29 is 0 Å². The standard InChI is InChI=1S/C6H13N3O/c1-4-9(3)6(7-2)5-8-10/h5,7H,4H2,1-3H3/b6-5+. The Bertz CT molecular complexity index is 133. The van der Waals surface area contributed by atoms with Gasteiger partial charge in [-0.3, -0.25) is 0 Å². The fourth-order valence-electron chi connectivity index (χ4n) is 0.574. The lowest BCUT2D eigenvalue weighted by atomic mass is 10.6. The van der Waals surface area contributed by atoms with Crippen molar-refractivity contribution in [3.63, 3.8) is 0 Å². The van der Waals surface area contributed by atoms with Gasteiger partial charge in [0.05, 0.1) is 0 Å². The third kappa shape index (κ3) is 2.48. The van der Waals surface area contributed by atoms with Gasteiger partial charge < -0.3 is 10.2 Å². The molecule has 0 bridgehead atoms. The van der Waals surface area contributed by atoms with Crippen molar-refractivity contribution >= 4 is 0 Å². The van der Waals surface area contributed by atoms with Crippen LogP contribution in [0.4, 0.5) is 0 Å². The molecule has 0 saturated heterocycles. The van der Waals surface area contributed by atoms with Crippen molar-refractivity contribution in [3.05, 3.63) is 16.9 Å². The fraction of sp³-hybridized carbons (Fsp3) is 0.667. The maximum Gasteiger partial charge on any atom is 0.123 e. The quantitative estimate of drug-likeness (QED) is 0.590. The maximum atomic E-state index is 9.80. The van der Waals surface area contributed by atoms with E-state index in [2.05, 4.69) is 10.5 Å². The highest BCUT2D eigenvalue weighted by molar-refractivity contribution is 4.94. The van der Waals surface area contributed by atoms with Gasteiger partial charge in [0.25, 0.3) is 0 Å². The van der Waals surface area contributed by atoms with Gasteiger partial charge in [-0.15, -0.1) is 4.91 Å². The minimum Gasteiger partial charge on any atom is -0.373 e. The zero-order valence-electron chi connectivity index (χ0n) is 6.59. The zero-order chi connectivity index (χ0) is 7.98. The van der Waals surface area contributed by atoms with Crippen molar-refractivity contribution in [2.75, 3.05) is 20.6 Å². The van der Waals surface area contributed by atoms with Crippen molar-refractivity contribution in [3.8, 4) is 0 Å². The topological polar surface area (TPSA) is 44.7 Å². The van der Waals surface area contributed by atoms with Crippen LogP contribution in [0, 0.1) is 4.91 Å². The van der Waals surface area contributed by atoms with Crippen molar-refractivity contribution in [1.29, 1.82) is 0 Å². The highest BCUT2D eigenvalue weighted by atomic mass is 16.2. The van der Waals surface area contributed by atoms with Crippen LogP contribution in [0.2, 0.25) is 0 Å². The molecule has 0 amide bonds. The molecule has 0 aromatic heterocycles. The van der Waals surface area contributed by atoms with E-state index in [1.165, 1.54) is 6.20 Å². The predicted molar refractivity (Wildman–Crippen MR) is 41.2 cm³/mol. The summed E-state index contributed by atoms with van der Waals surface area (Å²) in [6, 6.07) is 0. The molecule has 0 radical (unpaired) electrons. The van der Waals surface area contributed by atoms with E-state index < -0.39 is 0 Å². The minimum absolute atomic E-state index is 0.734. The molecule has 0 aliphatic carbocycles. The summed E-state index contributed by atoms with van der Waals surface area (Å²) in [5.74, 6) is 0.734. The Kier molecular flexibility index (Phi) is 4.28. The molecule has 4 nitrogen and oxygen atoms in total. The molecule has 4 heteroatoms. The molecule has 58 valence electrons. The lowest BCUT2D eigenvalue weighted by Crippen LogP contribution is -2.25. The summed E-state index contributed by atoms with van der Waals surface area (Å²) in [5.41, 5.74) is 0. The van der Waals surface area contributed by atoms with E-state index in [0.29, 0.717) is 0 Å². The molecule has 0 aromatic carbocycles. The summed E-state index contributed by atoms with van der Waals surface area (Å²) < 4.78 is 0. The van der Waals surface area contributed by atoms with Crippen LogP contribution >= 0.6 is 0 Å². The summed E-state index contributed by atoms with van der Waals surface area (Å²) in [4.78, 5) is 11.7. The first-order chi connectivity index (χ1) is 4.76. The number of nitrogens with zero attached hydrogens (tertiary/aromatic N) is 2. The van der Waals surface area contributed by atoms with E-state index in [0.717, 1.165) is 12.4 Å². The van der Waals surface area contributed by atoms with E-state index in [-0.39, 0.29) is 0 Å². The van der Waals surface area contributed by atoms with Gasteiger partial charge >= 0.3 is 0 Å². The number of hydrogen-bond acceptors (Lipinski definition) is 4. The molecule has 0 atom stereocenters. The van der Waals surface area contributed by atoms with Crippen LogP contribution in [0.15, 0.2) is 17.2 Å². The van der Waals surface area contributed by atoms with Gasteiger partial charge in [0.1, 0.15) is 12.0 Å². The van der Waals surface area contributed by atoms with Crippen LogP contribution < -0.4 is 5.32 Å². The van der Waals surface area contributed by atoms with Crippen LogP contribution in [0.3, 0.4) is 0 Å². The van der Waals surface area contributed by atoms with Gasteiger partial charge in [-0.05, 0) is 12.1 Å². The Labute approximate surface area is 60.9 Å². The predicted octanol–water partition coefficient (Wildman–Crippen LogP) is 0.723. The highest BCUT2D eigenvalue weighted by Crippen LogP contribution is 1.94. The number of nitrogens with one attached hydrogen (secondary N) is 1. The summed E-state index contributed by atoms with van der Waals surface area (Å²) in [5, 5.41) is 5.51. The van der Waals surface area contributed by atoms with Crippen molar-refractivity contribution in [2.45, 2.75) is 6.92 Å². The Balaban J connectivity index is 4.04. The van der Waals surface area contributed by atoms with Crippen LogP contribution in [0.1, 0.15) is 6.92 Å². The van der Waals surface area contributed by atoms with Crippen LogP contribution in [0.5, 0.6) is 0 Å². The smallest absolute Gasteiger partial charge is 0.123 e.